The minimum absolute atomic E-state index is 0.0398. The molecule has 32 heavy (non-hydrogen) atoms. The molecule has 0 aliphatic heterocycles. The van der Waals surface area contributed by atoms with Crippen LogP contribution in [0.25, 0.3) is 0 Å². The second kappa shape index (κ2) is 10.3. The lowest BCUT2D eigenvalue weighted by atomic mass is 10.1. The number of halogens is 1. The van der Waals surface area contributed by atoms with Crippen LogP contribution in [0.2, 0.25) is 5.02 Å². The lowest BCUT2D eigenvalue weighted by molar-refractivity contribution is -0.384. The van der Waals surface area contributed by atoms with Crippen molar-refractivity contribution in [3.63, 3.8) is 0 Å². The first kappa shape index (κ1) is 23.4. The summed E-state index contributed by atoms with van der Waals surface area (Å²) in [6.45, 7) is 5.51. The zero-order valence-electron chi connectivity index (χ0n) is 17.6. The van der Waals surface area contributed by atoms with Gasteiger partial charge in [-0.05, 0) is 50.6 Å². The summed E-state index contributed by atoms with van der Waals surface area (Å²) in [5, 5.41) is 15.8. The molecule has 10 heteroatoms. The maximum atomic E-state index is 12.4. The Bertz CT molecular complexity index is 1180. The minimum atomic E-state index is -0.566. The fourth-order valence-corrected chi connectivity index (χ4v) is 3.89. The number of aromatic nitrogens is 2. The van der Waals surface area contributed by atoms with Crippen molar-refractivity contribution in [2.24, 2.45) is 5.10 Å². The third-order valence-corrected chi connectivity index (χ3v) is 5.67. The maximum absolute atomic E-state index is 12.4. The van der Waals surface area contributed by atoms with Crippen molar-refractivity contribution < 1.29 is 9.72 Å². The largest absolute Gasteiger partial charge is 0.288 e. The molecule has 0 spiro atoms. The molecule has 8 nitrogen and oxygen atoms in total. The molecule has 0 radical (unpaired) electrons. The Morgan fingerprint density at radius 2 is 1.72 bits per heavy atom. The molecule has 0 bridgehead atoms. The van der Waals surface area contributed by atoms with Gasteiger partial charge in [-0.15, -0.1) is 0 Å². The number of nitro benzene ring substituents is 1. The molecule has 1 aromatic heterocycles. The summed E-state index contributed by atoms with van der Waals surface area (Å²) in [7, 11) is 0. The molecule has 164 valence electrons. The molecule has 0 saturated heterocycles. The molecule has 1 heterocycles. The molecule has 3 aromatic rings. The summed E-state index contributed by atoms with van der Waals surface area (Å²) in [5.41, 5.74) is 6.49. The van der Waals surface area contributed by atoms with Crippen LogP contribution < -0.4 is 5.43 Å². The number of nitro groups is 1. The van der Waals surface area contributed by atoms with Gasteiger partial charge in [0.25, 0.3) is 11.6 Å². The molecule has 0 unspecified atom stereocenters. The van der Waals surface area contributed by atoms with Crippen molar-refractivity contribution in [3.05, 3.63) is 91.7 Å². The summed E-state index contributed by atoms with van der Waals surface area (Å²) in [5.74, 6) is 0.293. The molecular weight excluding hydrogens is 450 g/mol. The number of carbonyl (C=O) groups is 1. The van der Waals surface area contributed by atoms with Crippen molar-refractivity contribution in [3.8, 4) is 0 Å². The van der Waals surface area contributed by atoms with Gasteiger partial charge in [0.05, 0.1) is 10.6 Å². The zero-order chi connectivity index (χ0) is 23.3. The van der Waals surface area contributed by atoms with E-state index in [1.165, 1.54) is 23.9 Å². The standard InChI is InChI=1S/C22H20ClN5O3S/c1-13-10-14(2)25-22(24-13)32-12-16-4-6-17(7-5-16)21(29)27-26-15(3)18-8-9-19(23)20(11-18)28(30)31/h4-11H,12H2,1-3H3,(H,27,29)/b26-15+. The summed E-state index contributed by atoms with van der Waals surface area (Å²) in [4.78, 5) is 31.7. The van der Waals surface area contributed by atoms with Crippen LogP contribution in [-0.4, -0.2) is 26.5 Å². The van der Waals surface area contributed by atoms with E-state index in [0.29, 0.717) is 22.6 Å². The highest BCUT2D eigenvalue weighted by Gasteiger charge is 2.14. The molecule has 0 saturated carbocycles. The Kier molecular flexibility index (Phi) is 7.55. The van der Waals surface area contributed by atoms with Crippen molar-refractivity contribution in [1.29, 1.82) is 0 Å². The van der Waals surface area contributed by atoms with Gasteiger partial charge in [0.1, 0.15) is 5.02 Å². The Hall–Kier alpha value is -3.30. The van der Waals surface area contributed by atoms with Crippen LogP contribution >= 0.6 is 23.4 Å². The number of thioether (sulfide) groups is 1. The van der Waals surface area contributed by atoms with Gasteiger partial charge in [0, 0.05) is 34.3 Å². The lowest BCUT2D eigenvalue weighted by Crippen LogP contribution is -2.19. The highest BCUT2D eigenvalue weighted by Crippen LogP contribution is 2.25. The maximum Gasteiger partial charge on any atom is 0.288 e. The Morgan fingerprint density at radius 1 is 1.09 bits per heavy atom. The van der Waals surface area contributed by atoms with E-state index in [9.17, 15) is 14.9 Å². The predicted molar refractivity (Wildman–Crippen MR) is 125 cm³/mol. The molecule has 2 aromatic carbocycles. The minimum Gasteiger partial charge on any atom is -0.267 e. The summed E-state index contributed by atoms with van der Waals surface area (Å²) >= 11 is 7.36. The van der Waals surface area contributed by atoms with Crippen LogP contribution in [0.3, 0.4) is 0 Å². The third kappa shape index (κ3) is 6.12. The molecule has 1 amide bonds. The average molecular weight is 470 g/mol. The van der Waals surface area contributed by atoms with Crippen molar-refractivity contribution in [1.82, 2.24) is 15.4 Å². The van der Waals surface area contributed by atoms with E-state index in [0.717, 1.165) is 22.1 Å². The lowest BCUT2D eigenvalue weighted by Gasteiger charge is -2.06. The fraction of sp³-hybridized carbons (Fsp3) is 0.182. The van der Waals surface area contributed by atoms with Crippen LogP contribution in [-0.2, 0) is 5.75 Å². The first-order chi connectivity index (χ1) is 15.2. The van der Waals surface area contributed by atoms with E-state index in [2.05, 4.69) is 20.5 Å². The molecule has 3 rings (SSSR count). The van der Waals surface area contributed by atoms with Crippen LogP contribution in [0, 0.1) is 24.0 Å². The number of hydrogen-bond acceptors (Lipinski definition) is 7. The number of benzene rings is 2. The quantitative estimate of drug-likeness (QED) is 0.169. The van der Waals surface area contributed by atoms with Gasteiger partial charge >= 0.3 is 0 Å². The van der Waals surface area contributed by atoms with Crippen molar-refractivity contribution >= 4 is 40.7 Å². The monoisotopic (exact) mass is 469 g/mol. The Labute approximate surface area is 194 Å². The molecule has 0 atom stereocenters. The van der Waals surface area contributed by atoms with Crippen LogP contribution in [0.1, 0.15) is 39.8 Å². The molecule has 0 fully saturated rings. The predicted octanol–water partition coefficient (Wildman–Crippen LogP) is 5.10. The Balaban J connectivity index is 1.62. The van der Waals surface area contributed by atoms with E-state index in [1.807, 2.05) is 32.0 Å². The number of carbonyl (C=O) groups excluding carboxylic acids is 1. The van der Waals surface area contributed by atoms with Crippen molar-refractivity contribution in [2.75, 3.05) is 0 Å². The number of amides is 1. The Morgan fingerprint density at radius 3 is 2.34 bits per heavy atom. The number of nitrogens with one attached hydrogen (secondary N) is 1. The van der Waals surface area contributed by atoms with Crippen LogP contribution in [0.4, 0.5) is 5.69 Å². The number of nitrogens with zero attached hydrogens (tertiary/aromatic N) is 4. The topological polar surface area (TPSA) is 110 Å². The van der Waals surface area contributed by atoms with E-state index in [1.54, 1.807) is 25.1 Å². The van der Waals surface area contributed by atoms with E-state index in [-0.39, 0.29) is 16.6 Å². The summed E-state index contributed by atoms with van der Waals surface area (Å²) < 4.78 is 0. The number of hydrazone groups is 1. The van der Waals surface area contributed by atoms with Crippen LogP contribution in [0.5, 0.6) is 0 Å². The first-order valence-electron chi connectivity index (χ1n) is 9.56. The van der Waals surface area contributed by atoms with E-state index < -0.39 is 4.92 Å². The SMILES string of the molecule is C/C(=N\NC(=O)c1ccc(CSc2nc(C)cc(C)n2)cc1)c1ccc(Cl)c([N+](=O)[O-])c1. The van der Waals surface area contributed by atoms with Gasteiger partial charge in [-0.1, -0.05) is 41.6 Å². The fourth-order valence-electron chi connectivity index (χ4n) is 2.80. The van der Waals surface area contributed by atoms with Gasteiger partial charge in [-0.25, -0.2) is 15.4 Å². The highest BCUT2D eigenvalue weighted by molar-refractivity contribution is 7.98. The van der Waals surface area contributed by atoms with Gasteiger partial charge in [-0.3, -0.25) is 14.9 Å². The summed E-state index contributed by atoms with van der Waals surface area (Å²) in [6.07, 6.45) is 0. The van der Waals surface area contributed by atoms with Crippen LogP contribution in [0.15, 0.2) is 58.8 Å². The van der Waals surface area contributed by atoms with E-state index >= 15 is 0 Å². The van der Waals surface area contributed by atoms with Crippen molar-refractivity contribution in [2.45, 2.75) is 31.7 Å². The van der Waals surface area contributed by atoms with Gasteiger partial charge in [0.2, 0.25) is 0 Å². The summed E-state index contributed by atoms with van der Waals surface area (Å²) in [6, 6.07) is 13.4. The van der Waals surface area contributed by atoms with Gasteiger partial charge in [-0.2, -0.15) is 5.10 Å². The highest BCUT2D eigenvalue weighted by atomic mass is 35.5. The first-order valence-corrected chi connectivity index (χ1v) is 10.9. The molecular formula is C22H20ClN5O3S. The normalized spacial score (nSPS) is 11.3. The second-order valence-electron chi connectivity index (χ2n) is 6.98. The average Bonchev–Trinajstić information content (AvgIpc) is 2.75. The second-order valence-corrected chi connectivity index (χ2v) is 8.33. The molecule has 0 aliphatic rings. The number of rotatable bonds is 7. The third-order valence-electron chi connectivity index (χ3n) is 4.43. The number of aryl methyl sites for hydroxylation is 2. The van der Waals surface area contributed by atoms with E-state index in [4.69, 9.17) is 11.6 Å². The van der Waals surface area contributed by atoms with Gasteiger partial charge < -0.3 is 0 Å². The molecule has 0 aliphatic carbocycles. The smallest absolute Gasteiger partial charge is 0.267 e. The zero-order valence-corrected chi connectivity index (χ0v) is 19.2. The number of hydrogen-bond donors (Lipinski definition) is 1. The van der Waals surface area contributed by atoms with Gasteiger partial charge in [0.15, 0.2) is 5.16 Å². The molecule has 1 N–H and O–H groups in total.